The van der Waals surface area contributed by atoms with Crippen LogP contribution in [0.5, 0.6) is 0 Å². The van der Waals surface area contributed by atoms with Gasteiger partial charge in [0.05, 0.1) is 22.1 Å². The van der Waals surface area contributed by atoms with Crippen LogP contribution in [0.25, 0.3) is 20.5 Å². The molecule has 2 aromatic carbocycles. The zero-order valence-electron chi connectivity index (χ0n) is 14.4. The Bertz CT molecular complexity index is 1180. The average molecular weight is 428 g/mol. The van der Waals surface area contributed by atoms with E-state index in [9.17, 15) is 14.7 Å². The van der Waals surface area contributed by atoms with E-state index in [1.165, 1.54) is 22.7 Å². The maximum absolute atomic E-state index is 12.7. The van der Waals surface area contributed by atoms with Crippen molar-refractivity contribution >= 4 is 61.8 Å². The minimum atomic E-state index is -1.03. The number of benzene rings is 2. The molecule has 0 radical (unpaired) electrons. The van der Waals surface area contributed by atoms with Crippen molar-refractivity contribution in [3.63, 3.8) is 0 Å². The van der Waals surface area contributed by atoms with Crippen molar-refractivity contribution in [2.45, 2.75) is 0 Å². The molecule has 0 saturated carbocycles. The summed E-state index contributed by atoms with van der Waals surface area (Å²) in [5, 5.41) is 13.8. The molecule has 4 rings (SSSR count). The van der Waals surface area contributed by atoms with Crippen LogP contribution >= 0.6 is 34.3 Å². The number of hydrogen-bond acceptors (Lipinski definition) is 5. The highest BCUT2D eigenvalue weighted by molar-refractivity contribution is 7.21. The number of anilines is 1. The summed E-state index contributed by atoms with van der Waals surface area (Å²) in [4.78, 5) is 25.8. The summed E-state index contributed by atoms with van der Waals surface area (Å²) in [5.41, 5.74) is 1.36. The highest BCUT2D eigenvalue weighted by Crippen LogP contribution is 2.37. The molecule has 0 atom stereocenters. The number of Topliss-reactive ketones (excluding diaryl/α,β-unsaturated/α-hetero) is 1. The monoisotopic (exact) mass is 427 g/mol. The fourth-order valence-corrected chi connectivity index (χ4v) is 5.33. The lowest BCUT2D eigenvalue weighted by molar-refractivity contribution is 0.0702. The van der Waals surface area contributed by atoms with Gasteiger partial charge in [0.15, 0.2) is 5.78 Å². The number of hydrogen-bond donors (Lipinski definition) is 2. The third-order valence-corrected chi connectivity index (χ3v) is 7.10. The number of rotatable bonds is 6. The molecule has 0 bridgehead atoms. The van der Waals surface area contributed by atoms with Crippen LogP contribution in [0.4, 0.5) is 5.69 Å². The first-order chi connectivity index (χ1) is 13.5. The van der Waals surface area contributed by atoms with Gasteiger partial charge in [-0.25, -0.2) is 4.79 Å². The molecule has 0 fully saturated rings. The predicted molar refractivity (Wildman–Crippen MR) is 116 cm³/mol. The van der Waals surface area contributed by atoms with Gasteiger partial charge in [0.2, 0.25) is 0 Å². The van der Waals surface area contributed by atoms with E-state index in [1.54, 1.807) is 6.07 Å². The van der Waals surface area contributed by atoms with Crippen molar-refractivity contribution in [3.05, 3.63) is 75.4 Å². The van der Waals surface area contributed by atoms with Crippen molar-refractivity contribution in [2.24, 2.45) is 0 Å². The van der Waals surface area contributed by atoms with Crippen LogP contribution in [0.2, 0.25) is 5.02 Å². The second-order valence-electron chi connectivity index (χ2n) is 6.04. The van der Waals surface area contributed by atoms with E-state index < -0.39 is 5.97 Å². The van der Waals surface area contributed by atoms with Gasteiger partial charge in [-0.2, -0.15) is 0 Å². The van der Waals surface area contributed by atoms with Crippen LogP contribution in [0, 0.1) is 0 Å². The Kier molecular flexibility index (Phi) is 5.17. The number of halogens is 1. The van der Waals surface area contributed by atoms with Crippen molar-refractivity contribution < 1.29 is 14.7 Å². The van der Waals surface area contributed by atoms with Crippen molar-refractivity contribution in [1.82, 2.24) is 0 Å². The molecule has 0 aliphatic heterocycles. The van der Waals surface area contributed by atoms with Crippen LogP contribution < -0.4 is 5.32 Å². The van der Waals surface area contributed by atoms with Crippen LogP contribution in [0.1, 0.15) is 19.3 Å². The number of ketones is 1. The summed E-state index contributed by atoms with van der Waals surface area (Å²) in [5.74, 6) is -1.20. The SMILES string of the molecule is O=C(O)c1sc(-c2ccccc2)cc1NCC(=O)c1sc2ccccc2c1Cl. The van der Waals surface area contributed by atoms with Crippen LogP contribution in [0.3, 0.4) is 0 Å². The molecule has 7 heteroatoms. The van der Waals surface area contributed by atoms with Gasteiger partial charge in [-0.1, -0.05) is 60.1 Å². The van der Waals surface area contributed by atoms with Crippen molar-refractivity contribution in [3.8, 4) is 10.4 Å². The molecule has 0 unspecified atom stereocenters. The summed E-state index contributed by atoms with van der Waals surface area (Å²) in [6.07, 6.45) is 0. The average Bonchev–Trinajstić information content (AvgIpc) is 3.29. The molecule has 2 N–H and O–H groups in total. The fourth-order valence-electron chi connectivity index (χ4n) is 2.88. The molecular weight excluding hydrogens is 414 g/mol. The van der Waals surface area contributed by atoms with E-state index in [0.29, 0.717) is 15.6 Å². The molecule has 140 valence electrons. The standard InChI is InChI=1S/C21H14ClNO3S2/c22-18-13-8-4-5-9-16(13)27-20(18)15(24)11-23-14-10-17(28-19(14)21(25)26)12-6-2-1-3-7-12/h1-10,23H,11H2,(H,25,26). The van der Waals surface area contributed by atoms with Gasteiger partial charge < -0.3 is 10.4 Å². The third kappa shape index (κ3) is 3.54. The maximum atomic E-state index is 12.7. The molecule has 4 nitrogen and oxygen atoms in total. The molecule has 0 amide bonds. The highest BCUT2D eigenvalue weighted by atomic mass is 35.5. The molecule has 4 aromatic rings. The van der Waals surface area contributed by atoms with Gasteiger partial charge in [-0.05, 0) is 17.7 Å². The third-order valence-electron chi connectivity index (χ3n) is 4.21. The van der Waals surface area contributed by atoms with Gasteiger partial charge in [-0.3, -0.25) is 4.79 Å². The van der Waals surface area contributed by atoms with E-state index in [1.807, 2.05) is 54.6 Å². The molecule has 0 spiro atoms. The molecule has 0 aliphatic rings. The lowest BCUT2D eigenvalue weighted by Gasteiger charge is -2.04. The molecule has 2 aromatic heterocycles. The van der Waals surface area contributed by atoms with E-state index in [0.717, 1.165) is 20.5 Å². The number of nitrogens with one attached hydrogen (secondary N) is 1. The normalized spacial score (nSPS) is 10.9. The number of thiophene rings is 2. The van der Waals surface area contributed by atoms with Gasteiger partial charge in [0, 0.05) is 15.0 Å². The smallest absolute Gasteiger partial charge is 0.348 e. The summed E-state index contributed by atoms with van der Waals surface area (Å²) in [7, 11) is 0. The zero-order valence-corrected chi connectivity index (χ0v) is 16.8. The molecule has 0 aliphatic carbocycles. The summed E-state index contributed by atoms with van der Waals surface area (Å²) in [6, 6.07) is 18.9. The Hall–Kier alpha value is -2.67. The summed E-state index contributed by atoms with van der Waals surface area (Å²) in [6.45, 7) is -0.0300. The lowest BCUT2D eigenvalue weighted by Crippen LogP contribution is -2.14. The Morgan fingerprint density at radius 3 is 2.39 bits per heavy atom. The first-order valence-corrected chi connectivity index (χ1v) is 10.4. The minimum Gasteiger partial charge on any atom is -0.477 e. The van der Waals surface area contributed by atoms with Gasteiger partial charge >= 0.3 is 5.97 Å². The quantitative estimate of drug-likeness (QED) is 0.355. The van der Waals surface area contributed by atoms with E-state index in [-0.39, 0.29) is 17.2 Å². The Morgan fingerprint density at radius 1 is 0.964 bits per heavy atom. The van der Waals surface area contributed by atoms with Crippen LogP contribution in [-0.4, -0.2) is 23.4 Å². The van der Waals surface area contributed by atoms with E-state index in [2.05, 4.69) is 5.32 Å². The zero-order chi connectivity index (χ0) is 19.7. The van der Waals surface area contributed by atoms with E-state index >= 15 is 0 Å². The predicted octanol–water partition coefficient (Wildman–Crippen LogP) is 6.28. The molecular formula is C21H14ClNO3S2. The molecule has 0 saturated heterocycles. The highest BCUT2D eigenvalue weighted by Gasteiger charge is 2.20. The first-order valence-electron chi connectivity index (χ1n) is 8.41. The Morgan fingerprint density at radius 2 is 1.68 bits per heavy atom. The summed E-state index contributed by atoms with van der Waals surface area (Å²) < 4.78 is 0.948. The van der Waals surface area contributed by atoms with E-state index in [4.69, 9.17) is 11.6 Å². The number of carbonyl (C=O) groups excluding carboxylic acids is 1. The van der Waals surface area contributed by atoms with Gasteiger partial charge in [-0.15, -0.1) is 22.7 Å². The van der Waals surface area contributed by atoms with Crippen molar-refractivity contribution in [2.75, 3.05) is 11.9 Å². The topological polar surface area (TPSA) is 66.4 Å². The second-order valence-corrected chi connectivity index (χ2v) is 8.53. The number of aromatic carboxylic acids is 1. The van der Waals surface area contributed by atoms with Crippen LogP contribution in [0.15, 0.2) is 60.7 Å². The number of carbonyl (C=O) groups is 2. The molecule has 28 heavy (non-hydrogen) atoms. The first kappa shape index (κ1) is 18.7. The largest absolute Gasteiger partial charge is 0.477 e. The summed E-state index contributed by atoms with van der Waals surface area (Å²) >= 11 is 8.89. The number of carboxylic acids is 1. The Labute approximate surface area is 174 Å². The lowest BCUT2D eigenvalue weighted by atomic mass is 10.2. The second kappa shape index (κ2) is 7.75. The van der Waals surface area contributed by atoms with Gasteiger partial charge in [0.25, 0.3) is 0 Å². The van der Waals surface area contributed by atoms with Crippen LogP contribution in [-0.2, 0) is 0 Å². The molecule has 2 heterocycles. The number of carboxylic acid groups (broad SMARTS) is 1. The maximum Gasteiger partial charge on any atom is 0.348 e. The Balaban J connectivity index is 1.58. The van der Waals surface area contributed by atoms with Crippen molar-refractivity contribution in [1.29, 1.82) is 0 Å². The fraction of sp³-hybridized carbons (Fsp3) is 0.0476. The number of fused-ring (bicyclic) bond motifs is 1. The minimum absolute atomic E-state index is 0.0300. The van der Waals surface area contributed by atoms with Gasteiger partial charge in [0.1, 0.15) is 4.88 Å².